The van der Waals surface area contributed by atoms with Gasteiger partial charge in [-0.2, -0.15) is 0 Å². The maximum atomic E-state index is 12.1. The quantitative estimate of drug-likeness (QED) is 0.516. The predicted molar refractivity (Wildman–Crippen MR) is 71.5 cm³/mol. The van der Waals surface area contributed by atoms with Crippen LogP contribution in [0.1, 0.15) is 33.1 Å². The van der Waals surface area contributed by atoms with Gasteiger partial charge in [0.05, 0.1) is 0 Å². The Labute approximate surface area is 109 Å². The Kier molecular flexibility index (Phi) is 7.83. The van der Waals surface area contributed by atoms with Crippen LogP contribution in [0, 0.1) is 5.92 Å². The molecule has 0 unspecified atom stereocenters. The molecular weight excluding hydrogens is 232 g/mol. The number of hydrogen-bond acceptors (Lipinski definition) is 2. The molecule has 0 aliphatic rings. The molecule has 0 fully saturated rings. The molecule has 0 aromatic rings. The number of carboxylic acid groups (broad SMARTS) is 1. The zero-order valence-corrected chi connectivity index (χ0v) is 11.5. The summed E-state index contributed by atoms with van der Waals surface area (Å²) in [5.41, 5.74) is 0. The number of rotatable bonds is 8. The number of allylic oxidation sites excluding steroid dienone is 1. The van der Waals surface area contributed by atoms with Crippen LogP contribution < -0.4 is 5.32 Å². The lowest BCUT2D eigenvalue weighted by Crippen LogP contribution is -2.47. The Balaban J connectivity index is 4.42. The first-order valence-electron chi connectivity index (χ1n) is 6.23. The Morgan fingerprint density at radius 2 is 2.06 bits per heavy atom. The Bertz CT molecular complexity index is 290. The van der Waals surface area contributed by atoms with Crippen LogP contribution in [0.5, 0.6) is 0 Å². The van der Waals surface area contributed by atoms with Crippen molar-refractivity contribution in [2.45, 2.75) is 39.2 Å². The number of nitrogens with one attached hydrogen (secondary N) is 1. The Hall–Kier alpha value is -1.52. The van der Waals surface area contributed by atoms with E-state index in [-0.39, 0.29) is 11.8 Å². The fraction of sp³-hybridized carbons (Fsp3) is 0.692. The van der Waals surface area contributed by atoms with Crippen molar-refractivity contribution < 1.29 is 14.7 Å². The van der Waals surface area contributed by atoms with Crippen molar-refractivity contribution in [3.63, 3.8) is 0 Å². The van der Waals surface area contributed by atoms with Crippen LogP contribution in [-0.4, -0.2) is 41.6 Å². The summed E-state index contributed by atoms with van der Waals surface area (Å²) in [5, 5.41) is 11.0. The van der Waals surface area contributed by atoms with Crippen LogP contribution in [0.3, 0.4) is 0 Å². The van der Waals surface area contributed by atoms with Crippen molar-refractivity contribution in [1.29, 1.82) is 0 Å². The summed E-state index contributed by atoms with van der Waals surface area (Å²) in [6.45, 7) is 8.15. The van der Waals surface area contributed by atoms with Crippen molar-refractivity contribution >= 4 is 12.0 Å². The number of carbonyl (C=O) groups excluding carboxylic acids is 1. The highest BCUT2D eigenvalue weighted by molar-refractivity contribution is 5.85. The Morgan fingerprint density at radius 1 is 1.44 bits per heavy atom. The van der Waals surface area contributed by atoms with Crippen LogP contribution in [0.4, 0.5) is 4.79 Å². The molecule has 0 aliphatic carbocycles. The minimum absolute atomic E-state index is 0.171. The molecule has 104 valence electrons. The van der Waals surface area contributed by atoms with Crippen LogP contribution in [0.2, 0.25) is 0 Å². The van der Waals surface area contributed by atoms with Gasteiger partial charge in [-0.15, -0.1) is 6.58 Å². The molecule has 0 aromatic carbocycles. The van der Waals surface area contributed by atoms with E-state index < -0.39 is 12.1 Å². The predicted octanol–water partition coefficient (Wildman–Crippen LogP) is 2.09. The number of amides is 2. The van der Waals surface area contributed by atoms with Gasteiger partial charge in [0.2, 0.25) is 5.91 Å². The highest BCUT2D eigenvalue weighted by Gasteiger charge is 2.24. The monoisotopic (exact) mass is 256 g/mol. The Morgan fingerprint density at radius 3 is 2.50 bits per heavy atom. The number of unbranched alkanes of at least 4 members (excludes halogenated alkanes) is 1. The van der Waals surface area contributed by atoms with E-state index in [2.05, 4.69) is 11.9 Å². The summed E-state index contributed by atoms with van der Waals surface area (Å²) in [4.78, 5) is 24.3. The van der Waals surface area contributed by atoms with E-state index in [1.165, 1.54) is 0 Å². The molecule has 1 atom stereocenters. The number of hydrogen-bond donors (Lipinski definition) is 2. The third-order valence-corrected chi connectivity index (χ3v) is 2.58. The lowest BCUT2D eigenvalue weighted by molar-refractivity contribution is -0.132. The van der Waals surface area contributed by atoms with E-state index in [9.17, 15) is 9.59 Å². The number of carbonyl (C=O) groups is 2. The summed E-state index contributed by atoms with van der Waals surface area (Å²) >= 11 is 0. The second kappa shape index (κ2) is 8.55. The highest BCUT2D eigenvalue weighted by atomic mass is 16.4. The number of nitrogens with zero attached hydrogens (tertiary/aromatic N) is 1. The molecule has 0 bridgehead atoms. The average molecular weight is 256 g/mol. The van der Waals surface area contributed by atoms with Crippen LogP contribution >= 0.6 is 0 Å². The third kappa shape index (κ3) is 6.93. The fourth-order valence-corrected chi connectivity index (χ4v) is 1.69. The average Bonchev–Trinajstić information content (AvgIpc) is 2.26. The minimum Gasteiger partial charge on any atom is -0.465 e. The maximum Gasteiger partial charge on any atom is 0.405 e. The molecule has 0 rings (SSSR count). The zero-order chi connectivity index (χ0) is 14.1. The molecule has 0 aromatic heterocycles. The zero-order valence-electron chi connectivity index (χ0n) is 11.5. The van der Waals surface area contributed by atoms with Gasteiger partial charge in [-0.1, -0.05) is 19.9 Å². The first-order valence-corrected chi connectivity index (χ1v) is 6.23. The van der Waals surface area contributed by atoms with Crippen LogP contribution in [-0.2, 0) is 4.79 Å². The molecule has 2 N–H and O–H groups in total. The summed E-state index contributed by atoms with van der Waals surface area (Å²) < 4.78 is 0. The lowest BCUT2D eigenvalue weighted by atomic mass is 10.0. The highest BCUT2D eigenvalue weighted by Crippen LogP contribution is 2.08. The smallest absolute Gasteiger partial charge is 0.405 e. The van der Waals surface area contributed by atoms with Gasteiger partial charge in [-0.25, -0.2) is 4.79 Å². The van der Waals surface area contributed by atoms with Crippen molar-refractivity contribution in [3.8, 4) is 0 Å². The van der Waals surface area contributed by atoms with E-state index in [1.807, 2.05) is 13.8 Å². The molecule has 0 spiro atoms. The molecule has 0 radical (unpaired) electrons. The van der Waals surface area contributed by atoms with E-state index in [4.69, 9.17) is 5.11 Å². The van der Waals surface area contributed by atoms with Gasteiger partial charge < -0.3 is 15.3 Å². The van der Waals surface area contributed by atoms with Gasteiger partial charge in [-0.3, -0.25) is 4.79 Å². The summed E-state index contributed by atoms with van der Waals surface area (Å²) in [6.07, 6.45) is 2.84. The fourth-order valence-electron chi connectivity index (χ4n) is 1.69. The lowest BCUT2D eigenvalue weighted by Gasteiger charge is -2.24. The molecule has 2 amide bonds. The van der Waals surface area contributed by atoms with Gasteiger partial charge in [0.15, 0.2) is 0 Å². The van der Waals surface area contributed by atoms with E-state index >= 15 is 0 Å². The molecule has 5 nitrogen and oxygen atoms in total. The second-order valence-electron chi connectivity index (χ2n) is 4.82. The maximum absolute atomic E-state index is 12.1. The molecule has 0 saturated heterocycles. The van der Waals surface area contributed by atoms with Gasteiger partial charge in [0, 0.05) is 13.6 Å². The second-order valence-corrected chi connectivity index (χ2v) is 4.82. The molecule has 18 heavy (non-hydrogen) atoms. The number of likely N-dealkylation sites (N-methyl/N-ethyl adjacent to an activating group) is 1. The van der Waals surface area contributed by atoms with Crippen molar-refractivity contribution in [1.82, 2.24) is 10.2 Å². The first kappa shape index (κ1) is 16.5. The van der Waals surface area contributed by atoms with E-state index in [0.29, 0.717) is 13.0 Å². The van der Waals surface area contributed by atoms with E-state index in [0.717, 1.165) is 12.8 Å². The van der Waals surface area contributed by atoms with Crippen molar-refractivity contribution in [2.24, 2.45) is 5.92 Å². The van der Waals surface area contributed by atoms with Crippen LogP contribution in [0.25, 0.3) is 0 Å². The minimum atomic E-state index is -1.16. The van der Waals surface area contributed by atoms with E-state index in [1.54, 1.807) is 18.0 Å². The van der Waals surface area contributed by atoms with Gasteiger partial charge >= 0.3 is 6.09 Å². The SMILES string of the molecule is C=CCCCN(C)C(=O)[C@H](CC(C)C)NC(=O)O. The topological polar surface area (TPSA) is 69.6 Å². The molecular formula is C13H24N2O3. The van der Waals surface area contributed by atoms with Gasteiger partial charge in [0.1, 0.15) is 6.04 Å². The summed E-state index contributed by atoms with van der Waals surface area (Å²) in [5.74, 6) is 0.0857. The van der Waals surface area contributed by atoms with Gasteiger partial charge in [-0.05, 0) is 25.2 Å². The third-order valence-electron chi connectivity index (χ3n) is 2.58. The standard InChI is InChI=1S/C13H24N2O3/c1-5-6-7-8-15(4)12(16)11(9-10(2)3)14-13(17)18/h5,10-11,14H,1,6-9H2,2-4H3,(H,17,18)/t11-/m0/s1. The molecule has 0 saturated carbocycles. The van der Waals surface area contributed by atoms with Crippen LogP contribution in [0.15, 0.2) is 12.7 Å². The summed E-state index contributed by atoms with van der Waals surface area (Å²) in [6, 6.07) is -0.656. The largest absolute Gasteiger partial charge is 0.465 e. The normalized spacial score (nSPS) is 12.0. The van der Waals surface area contributed by atoms with Crippen molar-refractivity contribution in [2.75, 3.05) is 13.6 Å². The molecule has 5 heteroatoms. The first-order chi connectivity index (χ1) is 8.38. The summed E-state index contributed by atoms with van der Waals surface area (Å²) in [7, 11) is 1.70. The van der Waals surface area contributed by atoms with Crippen molar-refractivity contribution in [3.05, 3.63) is 12.7 Å². The van der Waals surface area contributed by atoms with Gasteiger partial charge in [0.25, 0.3) is 0 Å². The molecule has 0 aliphatic heterocycles. The molecule has 0 heterocycles.